The molecule has 5 rings (SSSR count). The number of carbonyl (C=O) groups is 1. The minimum absolute atomic E-state index is 0.0802. The lowest BCUT2D eigenvalue weighted by Gasteiger charge is -2.18. The fourth-order valence-corrected chi connectivity index (χ4v) is 4.62. The van der Waals surface area contributed by atoms with Crippen LogP contribution < -0.4 is 15.2 Å². The normalized spacial score (nSPS) is 15.3. The number of likely N-dealkylation sites (N-methyl/N-ethyl adjacent to an activating group) is 1. The predicted octanol–water partition coefficient (Wildman–Crippen LogP) is 4.02. The first-order valence-corrected chi connectivity index (χ1v) is 10.8. The van der Waals surface area contributed by atoms with Gasteiger partial charge in [0, 0.05) is 31.0 Å². The van der Waals surface area contributed by atoms with Crippen LogP contribution in [-0.4, -0.2) is 37.7 Å². The van der Waals surface area contributed by atoms with Crippen molar-refractivity contribution in [2.24, 2.45) is 0 Å². The molecule has 0 unspecified atom stereocenters. The number of carbonyl (C=O) groups excluding carboxylic acids is 1. The summed E-state index contributed by atoms with van der Waals surface area (Å²) >= 11 is 0. The fourth-order valence-electron chi connectivity index (χ4n) is 4.62. The second-order valence-corrected chi connectivity index (χ2v) is 8.31. The number of benzene rings is 1. The van der Waals surface area contributed by atoms with Crippen LogP contribution in [0.3, 0.4) is 0 Å². The molecule has 6 nitrogen and oxygen atoms in total. The van der Waals surface area contributed by atoms with Crippen molar-refractivity contribution in [3.05, 3.63) is 63.6 Å². The molecule has 0 radical (unpaired) electrons. The SMILES string of the molecule is CCOC(=O)c1cc(C2CC2)c2c(OC)c(-c3ccc4c(c3)CCN4C)ccn2c1=O. The van der Waals surface area contributed by atoms with Gasteiger partial charge in [-0.15, -0.1) is 0 Å². The van der Waals surface area contributed by atoms with Crippen LogP contribution in [0.5, 0.6) is 5.75 Å². The molecule has 3 aromatic rings. The molecule has 1 aromatic carbocycles. The van der Waals surface area contributed by atoms with E-state index in [1.807, 2.05) is 6.07 Å². The van der Waals surface area contributed by atoms with E-state index >= 15 is 0 Å². The van der Waals surface area contributed by atoms with Crippen LogP contribution in [0.1, 0.15) is 47.2 Å². The topological polar surface area (TPSA) is 60.3 Å². The number of hydrogen-bond acceptors (Lipinski definition) is 5. The number of pyridine rings is 2. The Labute approximate surface area is 181 Å². The van der Waals surface area contributed by atoms with Gasteiger partial charge in [0.05, 0.1) is 19.2 Å². The van der Waals surface area contributed by atoms with Gasteiger partial charge in [-0.1, -0.05) is 6.07 Å². The lowest BCUT2D eigenvalue weighted by atomic mass is 9.98. The average Bonchev–Trinajstić information content (AvgIpc) is 3.56. The summed E-state index contributed by atoms with van der Waals surface area (Å²) in [6.07, 6.45) is 4.85. The highest BCUT2D eigenvalue weighted by molar-refractivity contribution is 5.91. The van der Waals surface area contributed by atoms with Gasteiger partial charge in [0.15, 0.2) is 5.75 Å². The Kier molecular flexibility index (Phi) is 4.73. The summed E-state index contributed by atoms with van der Waals surface area (Å²) in [7, 11) is 3.75. The molecule has 1 aliphatic carbocycles. The van der Waals surface area contributed by atoms with E-state index in [9.17, 15) is 9.59 Å². The second-order valence-electron chi connectivity index (χ2n) is 8.31. The van der Waals surface area contributed by atoms with Crippen LogP contribution in [0.2, 0.25) is 0 Å². The Hall–Kier alpha value is -3.28. The standard InChI is InChI=1S/C25H26N2O4/c1-4-31-25(29)20-14-19(15-5-6-15)22-23(30-3)18(10-12-27(22)24(20)28)16-7-8-21-17(13-16)9-11-26(21)2/h7-8,10,12-15H,4-6,9,11H2,1-3H3. The molecule has 0 bridgehead atoms. The number of fused-ring (bicyclic) bond motifs is 2. The fraction of sp³-hybridized carbons (Fsp3) is 0.360. The summed E-state index contributed by atoms with van der Waals surface area (Å²) in [5.74, 6) is 0.416. The van der Waals surface area contributed by atoms with E-state index in [-0.39, 0.29) is 17.7 Å². The number of rotatable bonds is 5. The van der Waals surface area contributed by atoms with E-state index in [1.54, 1.807) is 30.7 Å². The number of methoxy groups -OCH3 is 1. The van der Waals surface area contributed by atoms with Gasteiger partial charge in [0.25, 0.3) is 5.56 Å². The third-order valence-electron chi connectivity index (χ3n) is 6.35. The van der Waals surface area contributed by atoms with E-state index in [0.717, 1.165) is 48.0 Å². The Morgan fingerprint density at radius 3 is 2.71 bits per heavy atom. The van der Waals surface area contributed by atoms with Crippen molar-refractivity contribution < 1.29 is 14.3 Å². The van der Waals surface area contributed by atoms with Crippen molar-refractivity contribution in [1.29, 1.82) is 0 Å². The predicted molar refractivity (Wildman–Crippen MR) is 121 cm³/mol. The van der Waals surface area contributed by atoms with Gasteiger partial charge in [-0.25, -0.2) is 4.79 Å². The largest absolute Gasteiger partial charge is 0.494 e. The van der Waals surface area contributed by atoms with Gasteiger partial charge in [0.2, 0.25) is 0 Å². The van der Waals surface area contributed by atoms with Crippen LogP contribution in [0.15, 0.2) is 41.3 Å². The zero-order valence-electron chi connectivity index (χ0n) is 18.1. The van der Waals surface area contributed by atoms with Crippen LogP contribution >= 0.6 is 0 Å². The molecule has 0 saturated heterocycles. The monoisotopic (exact) mass is 418 g/mol. The quantitative estimate of drug-likeness (QED) is 0.586. The van der Waals surface area contributed by atoms with Crippen molar-refractivity contribution in [2.75, 3.05) is 32.2 Å². The van der Waals surface area contributed by atoms with Crippen LogP contribution in [0, 0.1) is 0 Å². The third-order valence-corrected chi connectivity index (χ3v) is 6.35. The maximum Gasteiger partial charge on any atom is 0.343 e. The van der Waals surface area contributed by atoms with Crippen molar-refractivity contribution in [1.82, 2.24) is 4.40 Å². The molecule has 1 saturated carbocycles. The number of esters is 1. The lowest BCUT2D eigenvalue weighted by Crippen LogP contribution is -2.24. The molecule has 31 heavy (non-hydrogen) atoms. The van der Waals surface area contributed by atoms with E-state index < -0.39 is 5.97 Å². The molecule has 1 aliphatic heterocycles. The van der Waals surface area contributed by atoms with Crippen molar-refractivity contribution in [3.63, 3.8) is 0 Å². The third kappa shape index (κ3) is 3.17. The number of ether oxygens (including phenoxy) is 2. The van der Waals surface area contributed by atoms with Crippen molar-refractivity contribution in [2.45, 2.75) is 32.1 Å². The molecule has 1 fully saturated rings. The molecule has 0 spiro atoms. The van der Waals surface area contributed by atoms with E-state index in [4.69, 9.17) is 9.47 Å². The van der Waals surface area contributed by atoms with Gasteiger partial charge >= 0.3 is 5.97 Å². The van der Waals surface area contributed by atoms with Gasteiger partial charge in [-0.2, -0.15) is 0 Å². The van der Waals surface area contributed by atoms with Gasteiger partial charge in [-0.3, -0.25) is 9.20 Å². The van der Waals surface area contributed by atoms with Crippen molar-refractivity contribution in [3.8, 4) is 16.9 Å². The average molecular weight is 418 g/mol. The summed E-state index contributed by atoms with van der Waals surface area (Å²) < 4.78 is 12.6. The first-order valence-electron chi connectivity index (χ1n) is 10.8. The van der Waals surface area contributed by atoms with Crippen LogP contribution in [-0.2, 0) is 11.2 Å². The maximum atomic E-state index is 13.1. The molecule has 0 amide bonds. The summed E-state index contributed by atoms with van der Waals surface area (Å²) in [6.45, 7) is 2.99. The maximum absolute atomic E-state index is 13.1. The Bertz CT molecular complexity index is 1260. The van der Waals surface area contributed by atoms with E-state index in [2.05, 4.69) is 30.1 Å². The van der Waals surface area contributed by atoms with E-state index in [0.29, 0.717) is 11.7 Å². The minimum atomic E-state index is -0.574. The molecule has 3 heterocycles. The van der Waals surface area contributed by atoms with Gasteiger partial charge < -0.3 is 14.4 Å². The van der Waals surface area contributed by atoms with Crippen molar-refractivity contribution >= 4 is 17.2 Å². The molecule has 2 aliphatic rings. The summed E-state index contributed by atoms with van der Waals surface area (Å²) in [5, 5.41) is 0. The zero-order valence-corrected chi connectivity index (χ0v) is 18.1. The van der Waals surface area contributed by atoms with Crippen LogP contribution in [0.25, 0.3) is 16.6 Å². The van der Waals surface area contributed by atoms with E-state index in [1.165, 1.54) is 11.3 Å². The molecular formula is C25H26N2O4. The number of nitrogens with zero attached hydrogens (tertiary/aromatic N) is 2. The highest BCUT2D eigenvalue weighted by Gasteiger charge is 2.31. The number of aromatic nitrogens is 1. The highest BCUT2D eigenvalue weighted by atomic mass is 16.5. The first kappa shape index (κ1) is 19.7. The molecule has 6 heteroatoms. The Morgan fingerprint density at radius 2 is 2.00 bits per heavy atom. The zero-order chi connectivity index (χ0) is 21.7. The molecular weight excluding hydrogens is 392 g/mol. The van der Waals surface area contributed by atoms with Gasteiger partial charge in [-0.05, 0) is 73.1 Å². The molecule has 0 N–H and O–H groups in total. The second kappa shape index (κ2) is 7.45. The molecule has 160 valence electrons. The Balaban J connectivity index is 1.74. The number of hydrogen-bond donors (Lipinski definition) is 0. The summed E-state index contributed by atoms with van der Waals surface area (Å²) in [4.78, 5) is 27.8. The van der Waals surface area contributed by atoms with Crippen LogP contribution in [0.4, 0.5) is 5.69 Å². The summed E-state index contributed by atoms with van der Waals surface area (Å²) in [6, 6.07) is 10.1. The van der Waals surface area contributed by atoms with Gasteiger partial charge in [0.1, 0.15) is 5.56 Å². The minimum Gasteiger partial charge on any atom is -0.494 e. The molecule has 0 atom stereocenters. The number of anilines is 1. The summed E-state index contributed by atoms with van der Waals surface area (Å²) in [5.41, 5.74) is 6.02. The first-order chi connectivity index (χ1) is 15.0. The molecule has 2 aromatic heterocycles. The lowest BCUT2D eigenvalue weighted by molar-refractivity contribution is 0.0524. The highest BCUT2D eigenvalue weighted by Crippen LogP contribution is 2.46. The Morgan fingerprint density at radius 1 is 1.19 bits per heavy atom. The smallest absolute Gasteiger partial charge is 0.343 e.